The first-order valence-electron chi connectivity index (χ1n) is 10.7. The van der Waals surface area contributed by atoms with Crippen molar-refractivity contribution in [3.63, 3.8) is 0 Å². The van der Waals surface area contributed by atoms with Gasteiger partial charge in [0.2, 0.25) is 0 Å². The molecular formula is C29H28. The van der Waals surface area contributed by atoms with Gasteiger partial charge in [0.15, 0.2) is 0 Å². The van der Waals surface area contributed by atoms with Gasteiger partial charge < -0.3 is 0 Å². The van der Waals surface area contributed by atoms with Crippen molar-refractivity contribution in [1.29, 1.82) is 0 Å². The van der Waals surface area contributed by atoms with Gasteiger partial charge in [0, 0.05) is 11.8 Å². The second-order valence-corrected chi connectivity index (χ2v) is 8.80. The molecule has 0 aliphatic heterocycles. The molecule has 0 heteroatoms. The average Bonchev–Trinajstić information content (AvgIpc) is 3.18. The van der Waals surface area contributed by atoms with E-state index in [1.807, 2.05) is 0 Å². The fourth-order valence-electron chi connectivity index (χ4n) is 5.50. The van der Waals surface area contributed by atoms with Gasteiger partial charge in [-0.3, -0.25) is 0 Å². The number of hydrogen-bond acceptors (Lipinski definition) is 0. The van der Waals surface area contributed by atoms with Crippen LogP contribution in [0.3, 0.4) is 0 Å². The molecule has 29 heavy (non-hydrogen) atoms. The summed E-state index contributed by atoms with van der Waals surface area (Å²) in [5.74, 6) is 0.707. The van der Waals surface area contributed by atoms with E-state index in [2.05, 4.69) is 101 Å². The summed E-state index contributed by atoms with van der Waals surface area (Å²) in [6, 6.07) is 20.0. The van der Waals surface area contributed by atoms with E-state index in [1.165, 1.54) is 44.6 Å². The number of fused-ring (bicyclic) bond motifs is 1. The van der Waals surface area contributed by atoms with Gasteiger partial charge in [0.25, 0.3) is 0 Å². The fourth-order valence-corrected chi connectivity index (χ4v) is 5.50. The standard InChI is InChI=1S/C29H28/c1-18-14-15-24-17-20(3)27(26-19(2)16-23-12-8-9-13-25(23)26)29(24)28(21(18)4)22-10-6-5-7-11-22/h5-16,26,28H,17H2,1-4H3. The lowest BCUT2D eigenvalue weighted by atomic mass is 9.75. The minimum atomic E-state index is 0.328. The van der Waals surface area contributed by atoms with Gasteiger partial charge in [-0.15, -0.1) is 0 Å². The lowest BCUT2D eigenvalue weighted by molar-refractivity contribution is 0.858. The summed E-state index contributed by atoms with van der Waals surface area (Å²) in [5.41, 5.74) is 14.7. The second-order valence-electron chi connectivity index (χ2n) is 8.80. The third-order valence-corrected chi connectivity index (χ3v) is 7.00. The van der Waals surface area contributed by atoms with E-state index < -0.39 is 0 Å². The Hall–Kier alpha value is -2.86. The molecule has 3 aliphatic rings. The number of hydrogen-bond donors (Lipinski definition) is 0. The van der Waals surface area contributed by atoms with E-state index in [0.717, 1.165) is 6.42 Å². The molecule has 5 rings (SSSR count). The van der Waals surface area contributed by atoms with Gasteiger partial charge in [-0.25, -0.2) is 0 Å². The largest absolute Gasteiger partial charge is 0.0645 e. The van der Waals surface area contributed by atoms with E-state index in [4.69, 9.17) is 0 Å². The normalized spacial score (nSPS) is 23.4. The molecule has 0 nitrogen and oxygen atoms in total. The Morgan fingerprint density at radius 3 is 2.24 bits per heavy atom. The van der Waals surface area contributed by atoms with Crippen LogP contribution in [0.25, 0.3) is 6.08 Å². The first-order valence-corrected chi connectivity index (χ1v) is 10.7. The van der Waals surface area contributed by atoms with Crippen molar-refractivity contribution in [2.45, 2.75) is 46.0 Å². The van der Waals surface area contributed by atoms with Gasteiger partial charge >= 0.3 is 0 Å². The average molecular weight is 377 g/mol. The minimum absolute atomic E-state index is 0.328. The maximum absolute atomic E-state index is 2.39. The molecule has 2 aromatic carbocycles. The molecule has 2 atom stereocenters. The highest BCUT2D eigenvalue weighted by atomic mass is 14.4. The first kappa shape index (κ1) is 18.2. The molecule has 0 fully saturated rings. The highest BCUT2D eigenvalue weighted by Gasteiger charge is 2.37. The van der Waals surface area contributed by atoms with Crippen molar-refractivity contribution in [1.82, 2.24) is 0 Å². The summed E-state index contributed by atoms with van der Waals surface area (Å²) in [6.07, 6.45) is 8.16. The van der Waals surface area contributed by atoms with Gasteiger partial charge in [-0.1, -0.05) is 95.1 Å². The monoisotopic (exact) mass is 376 g/mol. The smallest absolute Gasteiger partial charge is 0.0308 e. The van der Waals surface area contributed by atoms with Gasteiger partial charge in [-0.2, -0.15) is 0 Å². The van der Waals surface area contributed by atoms with Gasteiger partial charge in [0.05, 0.1) is 0 Å². The predicted molar refractivity (Wildman–Crippen MR) is 124 cm³/mol. The number of rotatable bonds is 2. The topological polar surface area (TPSA) is 0 Å². The van der Waals surface area contributed by atoms with E-state index in [-0.39, 0.29) is 0 Å². The van der Waals surface area contributed by atoms with E-state index in [9.17, 15) is 0 Å². The minimum Gasteiger partial charge on any atom is -0.0645 e. The van der Waals surface area contributed by atoms with Crippen LogP contribution in [0, 0.1) is 0 Å². The van der Waals surface area contributed by atoms with Crippen LogP contribution in [0.5, 0.6) is 0 Å². The summed E-state index contributed by atoms with van der Waals surface area (Å²) in [5, 5.41) is 0. The Morgan fingerprint density at radius 2 is 1.45 bits per heavy atom. The van der Waals surface area contributed by atoms with Crippen LogP contribution in [-0.4, -0.2) is 0 Å². The van der Waals surface area contributed by atoms with E-state index in [1.54, 1.807) is 11.1 Å². The second kappa shape index (κ2) is 6.88. The van der Waals surface area contributed by atoms with Crippen molar-refractivity contribution < 1.29 is 0 Å². The molecule has 0 amide bonds. The maximum atomic E-state index is 2.39. The van der Waals surface area contributed by atoms with Crippen molar-refractivity contribution in [3.05, 3.63) is 122 Å². The summed E-state index contributed by atoms with van der Waals surface area (Å²) >= 11 is 0. The van der Waals surface area contributed by atoms with Crippen molar-refractivity contribution in [2.24, 2.45) is 0 Å². The van der Waals surface area contributed by atoms with Crippen molar-refractivity contribution in [2.75, 3.05) is 0 Å². The highest BCUT2D eigenvalue weighted by molar-refractivity contribution is 5.74. The summed E-state index contributed by atoms with van der Waals surface area (Å²) in [4.78, 5) is 0. The molecule has 0 heterocycles. The summed E-state index contributed by atoms with van der Waals surface area (Å²) in [6.45, 7) is 9.24. The quantitative estimate of drug-likeness (QED) is 0.500. The van der Waals surface area contributed by atoms with Crippen molar-refractivity contribution >= 4 is 6.08 Å². The third kappa shape index (κ3) is 2.82. The fraction of sp³-hybridized carbons (Fsp3) is 0.241. The molecule has 2 aromatic rings. The van der Waals surface area contributed by atoms with Crippen LogP contribution < -0.4 is 0 Å². The number of allylic oxidation sites excluding steroid dienone is 9. The predicted octanol–water partition coefficient (Wildman–Crippen LogP) is 7.89. The van der Waals surface area contributed by atoms with Crippen molar-refractivity contribution in [3.8, 4) is 0 Å². The van der Waals surface area contributed by atoms with Crippen LogP contribution in [0.15, 0.2) is 106 Å². The zero-order chi connectivity index (χ0) is 20.1. The summed E-state index contributed by atoms with van der Waals surface area (Å²) in [7, 11) is 0. The molecule has 0 aromatic heterocycles. The van der Waals surface area contributed by atoms with Gasteiger partial charge in [-0.05, 0) is 67.5 Å². The Labute approximate surface area is 174 Å². The Kier molecular flexibility index (Phi) is 4.32. The molecule has 0 bridgehead atoms. The van der Waals surface area contributed by atoms with Crippen LogP contribution >= 0.6 is 0 Å². The first-order chi connectivity index (χ1) is 14.1. The molecule has 144 valence electrons. The van der Waals surface area contributed by atoms with E-state index in [0.29, 0.717) is 11.8 Å². The van der Waals surface area contributed by atoms with Crippen LogP contribution in [0.2, 0.25) is 0 Å². The molecule has 0 saturated carbocycles. The van der Waals surface area contributed by atoms with E-state index >= 15 is 0 Å². The SMILES string of the molecule is CC1=Cc2ccccc2C1C1=C(C)CC2=C1C(c1ccccc1)C(C)=C(C)C=C2. The maximum Gasteiger partial charge on any atom is 0.0308 e. The lowest BCUT2D eigenvalue weighted by Crippen LogP contribution is -2.12. The molecule has 2 unspecified atom stereocenters. The Morgan fingerprint density at radius 1 is 0.724 bits per heavy atom. The van der Waals surface area contributed by atoms with Gasteiger partial charge in [0.1, 0.15) is 0 Å². The number of benzene rings is 2. The highest BCUT2D eigenvalue weighted by Crippen LogP contribution is 2.54. The molecular weight excluding hydrogens is 348 g/mol. The zero-order valence-corrected chi connectivity index (χ0v) is 17.8. The summed E-state index contributed by atoms with van der Waals surface area (Å²) < 4.78 is 0. The lowest BCUT2D eigenvalue weighted by Gasteiger charge is -2.28. The third-order valence-electron chi connectivity index (χ3n) is 7.00. The molecule has 3 aliphatic carbocycles. The molecule has 0 radical (unpaired) electrons. The Balaban J connectivity index is 1.73. The Bertz CT molecular complexity index is 1150. The molecule has 0 N–H and O–H groups in total. The van der Waals surface area contributed by atoms with Crippen LogP contribution in [0.1, 0.15) is 62.6 Å². The zero-order valence-electron chi connectivity index (χ0n) is 17.8. The van der Waals surface area contributed by atoms with Crippen LogP contribution in [0.4, 0.5) is 0 Å². The molecule has 0 spiro atoms. The van der Waals surface area contributed by atoms with Crippen LogP contribution in [-0.2, 0) is 0 Å². The molecule has 0 saturated heterocycles.